The van der Waals surface area contributed by atoms with E-state index < -0.39 is 17.7 Å². The second-order valence-corrected chi connectivity index (χ2v) is 9.45. The monoisotopic (exact) mass is 528 g/mol. The molecule has 0 aromatic heterocycles. The topological polar surface area (TPSA) is 79.3 Å². The van der Waals surface area contributed by atoms with Crippen LogP contribution in [0.3, 0.4) is 0 Å². The summed E-state index contributed by atoms with van der Waals surface area (Å²) in [7, 11) is 1.54. The van der Waals surface area contributed by atoms with E-state index in [1.807, 2.05) is 54.6 Å². The molecule has 39 heavy (non-hydrogen) atoms. The highest BCUT2D eigenvalue weighted by atomic mass is 16.5. The molecule has 0 radical (unpaired) electrons. The summed E-state index contributed by atoms with van der Waals surface area (Å²) in [5, 5.41) is 11.3. The van der Waals surface area contributed by atoms with Crippen LogP contribution >= 0.6 is 0 Å². The Morgan fingerprint density at radius 2 is 1.64 bits per heavy atom. The number of carbonyl (C=O) groups is 2. The van der Waals surface area contributed by atoms with Crippen LogP contribution in [0.25, 0.3) is 5.76 Å². The second kappa shape index (κ2) is 13.1. The second-order valence-electron chi connectivity index (χ2n) is 9.45. The molecule has 1 heterocycles. The van der Waals surface area contributed by atoms with Crippen LogP contribution in [0.2, 0.25) is 0 Å². The molecule has 1 atom stereocenters. The van der Waals surface area contributed by atoms with Crippen LogP contribution in [0.15, 0.2) is 84.4 Å². The van der Waals surface area contributed by atoms with Crippen molar-refractivity contribution in [1.29, 1.82) is 0 Å². The lowest BCUT2D eigenvalue weighted by molar-refractivity contribution is -0.140. The molecular formula is C32H36N2O5. The third-order valence-corrected chi connectivity index (χ3v) is 7.10. The van der Waals surface area contributed by atoms with Crippen LogP contribution in [0, 0.1) is 0 Å². The predicted molar refractivity (Wildman–Crippen MR) is 152 cm³/mol. The lowest BCUT2D eigenvalue weighted by atomic mass is 9.95. The summed E-state index contributed by atoms with van der Waals surface area (Å²) in [5.41, 5.74) is 2.28. The van der Waals surface area contributed by atoms with Crippen LogP contribution < -0.4 is 9.47 Å². The van der Waals surface area contributed by atoms with Crippen molar-refractivity contribution >= 4 is 17.4 Å². The normalized spacial score (nSPS) is 16.6. The van der Waals surface area contributed by atoms with Crippen molar-refractivity contribution in [3.8, 4) is 11.5 Å². The average molecular weight is 529 g/mol. The van der Waals surface area contributed by atoms with Gasteiger partial charge in [-0.15, -0.1) is 0 Å². The fourth-order valence-electron chi connectivity index (χ4n) is 4.87. The molecule has 3 aromatic rings. The quantitative estimate of drug-likeness (QED) is 0.192. The highest BCUT2D eigenvalue weighted by Gasteiger charge is 2.45. The standard InChI is InChI=1S/C32H36N2O5/c1-4-33(5-2)19-10-20-34-29(24-15-17-26(18-16-24)39-22-23-11-7-6-8-12-23)28(31(36)32(34)37)30(35)25-13-9-14-27(21-25)38-3/h6-9,11-18,21,29,35H,4-5,10,19-20,22H2,1-3H3/b30-28+. The van der Waals surface area contributed by atoms with Crippen molar-refractivity contribution in [1.82, 2.24) is 9.80 Å². The molecule has 1 amide bonds. The Morgan fingerprint density at radius 1 is 0.923 bits per heavy atom. The summed E-state index contributed by atoms with van der Waals surface area (Å²) >= 11 is 0. The van der Waals surface area contributed by atoms with Gasteiger partial charge < -0.3 is 24.4 Å². The number of Topliss-reactive ketones (excluding diaryl/α,β-unsaturated/α-hetero) is 1. The predicted octanol–water partition coefficient (Wildman–Crippen LogP) is 5.43. The molecule has 3 aromatic carbocycles. The molecule has 1 unspecified atom stereocenters. The first-order valence-electron chi connectivity index (χ1n) is 13.4. The molecule has 0 saturated carbocycles. The third kappa shape index (κ3) is 6.49. The molecule has 1 fully saturated rings. The Balaban J connectivity index is 1.66. The first-order chi connectivity index (χ1) is 19.0. The molecule has 4 rings (SSSR count). The molecule has 0 spiro atoms. The minimum Gasteiger partial charge on any atom is -0.507 e. The third-order valence-electron chi connectivity index (χ3n) is 7.10. The number of ether oxygens (including phenoxy) is 2. The maximum atomic E-state index is 13.3. The Bertz CT molecular complexity index is 1300. The van der Waals surface area contributed by atoms with Gasteiger partial charge in [0.05, 0.1) is 18.7 Å². The van der Waals surface area contributed by atoms with Gasteiger partial charge >= 0.3 is 0 Å². The number of aliphatic hydroxyl groups excluding tert-OH is 1. The number of carbonyl (C=O) groups excluding carboxylic acids is 2. The number of ketones is 1. The number of methoxy groups -OCH3 is 1. The summed E-state index contributed by atoms with van der Waals surface area (Å²) in [6, 6.07) is 23.4. The number of hydrogen-bond acceptors (Lipinski definition) is 6. The maximum absolute atomic E-state index is 13.3. The van der Waals surface area contributed by atoms with Gasteiger partial charge in [0.25, 0.3) is 11.7 Å². The summed E-state index contributed by atoms with van der Waals surface area (Å²) in [6.45, 7) is 7.67. The molecule has 0 aliphatic carbocycles. The Labute approximate surface area is 230 Å². The lowest BCUT2D eigenvalue weighted by Gasteiger charge is -2.27. The first kappa shape index (κ1) is 27.9. The van der Waals surface area contributed by atoms with Crippen molar-refractivity contribution in [2.24, 2.45) is 0 Å². The van der Waals surface area contributed by atoms with Crippen molar-refractivity contribution in [3.05, 3.63) is 101 Å². The SMILES string of the molecule is CCN(CC)CCCN1C(=O)C(=O)/C(=C(/O)c2cccc(OC)c2)C1c1ccc(OCc2ccccc2)cc1. The zero-order chi connectivity index (χ0) is 27.8. The van der Waals surface area contributed by atoms with Gasteiger partial charge in [-0.3, -0.25) is 9.59 Å². The van der Waals surface area contributed by atoms with E-state index in [2.05, 4.69) is 18.7 Å². The first-order valence-corrected chi connectivity index (χ1v) is 13.4. The lowest BCUT2D eigenvalue weighted by Crippen LogP contribution is -2.33. The van der Waals surface area contributed by atoms with Crippen LogP contribution in [0.1, 0.15) is 43.0 Å². The zero-order valence-electron chi connectivity index (χ0n) is 22.8. The van der Waals surface area contributed by atoms with Crippen LogP contribution in [-0.2, 0) is 16.2 Å². The number of likely N-dealkylation sites (tertiary alicyclic amines) is 1. The fraction of sp³-hybridized carbons (Fsp3) is 0.312. The number of benzene rings is 3. The number of rotatable bonds is 12. The molecule has 1 saturated heterocycles. The minimum absolute atomic E-state index is 0.0778. The van der Waals surface area contributed by atoms with Gasteiger partial charge in [-0.2, -0.15) is 0 Å². The number of amides is 1. The highest BCUT2D eigenvalue weighted by molar-refractivity contribution is 6.46. The Morgan fingerprint density at radius 3 is 2.31 bits per heavy atom. The zero-order valence-corrected chi connectivity index (χ0v) is 22.8. The van der Waals surface area contributed by atoms with E-state index in [1.165, 1.54) is 7.11 Å². The van der Waals surface area contributed by atoms with Crippen LogP contribution in [0.5, 0.6) is 11.5 Å². The van der Waals surface area contributed by atoms with E-state index >= 15 is 0 Å². The van der Waals surface area contributed by atoms with Crippen molar-refractivity contribution in [2.75, 3.05) is 33.3 Å². The largest absolute Gasteiger partial charge is 0.507 e. The van der Waals surface area contributed by atoms with E-state index in [9.17, 15) is 14.7 Å². The highest BCUT2D eigenvalue weighted by Crippen LogP contribution is 2.40. The van der Waals surface area contributed by atoms with E-state index in [0.717, 1.165) is 30.8 Å². The molecule has 204 valence electrons. The number of nitrogens with zero attached hydrogens (tertiary/aromatic N) is 2. The van der Waals surface area contributed by atoms with E-state index in [1.54, 1.807) is 29.2 Å². The Kier molecular flexibility index (Phi) is 9.39. The molecular weight excluding hydrogens is 492 g/mol. The summed E-state index contributed by atoms with van der Waals surface area (Å²) in [6.07, 6.45) is 0.711. The van der Waals surface area contributed by atoms with E-state index in [-0.39, 0.29) is 11.3 Å². The summed E-state index contributed by atoms with van der Waals surface area (Å²) in [5.74, 6) is -0.285. The molecule has 1 aliphatic rings. The minimum atomic E-state index is -0.712. The molecule has 7 nitrogen and oxygen atoms in total. The summed E-state index contributed by atoms with van der Waals surface area (Å²) < 4.78 is 11.2. The van der Waals surface area contributed by atoms with Crippen LogP contribution in [-0.4, -0.2) is 59.9 Å². The van der Waals surface area contributed by atoms with Gasteiger partial charge in [0.15, 0.2) is 0 Å². The maximum Gasteiger partial charge on any atom is 0.295 e. The summed E-state index contributed by atoms with van der Waals surface area (Å²) in [4.78, 5) is 30.5. The smallest absolute Gasteiger partial charge is 0.295 e. The molecule has 7 heteroatoms. The molecule has 1 N–H and O–H groups in total. The average Bonchev–Trinajstić information content (AvgIpc) is 3.23. The Hall–Kier alpha value is -4.10. The van der Waals surface area contributed by atoms with E-state index in [0.29, 0.717) is 36.6 Å². The molecule has 1 aliphatic heterocycles. The number of aliphatic hydroxyl groups is 1. The van der Waals surface area contributed by atoms with Gasteiger partial charge in [0.2, 0.25) is 0 Å². The van der Waals surface area contributed by atoms with Crippen molar-refractivity contribution in [3.63, 3.8) is 0 Å². The van der Waals surface area contributed by atoms with Crippen molar-refractivity contribution < 1.29 is 24.2 Å². The van der Waals surface area contributed by atoms with Gasteiger partial charge in [0, 0.05) is 12.1 Å². The van der Waals surface area contributed by atoms with Gasteiger partial charge in [-0.25, -0.2) is 0 Å². The van der Waals surface area contributed by atoms with Gasteiger partial charge in [0.1, 0.15) is 23.9 Å². The fourth-order valence-corrected chi connectivity index (χ4v) is 4.87. The number of hydrogen-bond donors (Lipinski definition) is 1. The van der Waals surface area contributed by atoms with Crippen LogP contribution in [0.4, 0.5) is 0 Å². The van der Waals surface area contributed by atoms with E-state index in [4.69, 9.17) is 9.47 Å². The van der Waals surface area contributed by atoms with Crippen molar-refractivity contribution in [2.45, 2.75) is 32.9 Å². The molecule has 0 bridgehead atoms. The van der Waals surface area contributed by atoms with Gasteiger partial charge in [-0.05, 0) is 61.4 Å². The van der Waals surface area contributed by atoms with Gasteiger partial charge in [-0.1, -0.05) is 68.4 Å².